The van der Waals surface area contributed by atoms with Crippen LogP contribution in [0.25, 0.3) is 11.3 Å². The molecule has 96 valence electrons. The van der Waals surface area contributed by atoms with Crippen molar-refractivity contribution >= 4 is 11.6 Å². The van der Waals surface area contributed by atoms with E-state index in [1.165, 1.54) is 0 Å². The zero-order valence-electron chi connectivity index (χ0n) is 10.7. The molecule has 0 saturated carbocycles. The van der Waals surface area contributed by atoms with E-state index in [9.17, 15) is 0 Å². The van der Waals surface area contributed by atoms with Crippen molar-refractivity contribution in [2.75, 3.05) is 14.2 Å². The van der Waals surface area contributed by atoms with Gasteiger partial charge in [-0.3, -0.25) is 0 Å². The lowest BCUT2D eigenvalue weighted by atomic mass is 10.1. The van der Waals surface area contributed by atoms with E-state index < -0.39 is 0 Å². The Morgan fingerprint density at radius 2 is 2.22 bits per heavy atom. The SMILES string of the molecule is CNCc1nc(-c2cc(C)ccc2OC)c(Cl)[nH]1. The second kappa shape index (κ2) is 5.42. The van der Waals surface area contributed by atoms with Crippen LogP contribution >= 0.6 is 11.6 Å². The summed E-state index contributed by atoms with van der Waals surface area (Å²) in [6.07, 6.45) is 0. The van der Waals surface area contributed by atoms with Crippen molar-refractivity contribution in [3.05, 3.63) is 34.7 Å². The first-order valence-corrected chi connectivity index (χ1v) is 6.07. The van der Waals surface area contributed by atoms with Crippen LogP contribution in [0.5, 0.6) is 5.75 Å². The van der Waals surface area contributed by atoms with Gasteiger partial charge in [-0.25, -0.2) is 4.98 Å². The Morgan fingerprint density at radius 3 is 2.89 bits per heavy atom. The van der Waals surface area contributed by atoms with Crippen LogP contribution in [-0.4, -0.2) is 24.1 Å². The summed E-state index contributed by atoms with van der Waals surface area (Å²) in [6.45, 7) is 2.67. The molecule has 0 atom stereocenters. The van der Waals surface area contributed by atoms with E-state index in [-0.39, 0.29) is 0 Å². The van der Waals surface area contributed by atoms with Gasteiger partial charge in [-0.1, -0.05) is 23.2 Å². The Labute approximate surface area is 111 Å². The monoisotopic (exact) mass is 265 g/mol. The fourth-order valence-corrected chi connectivity index (χ4v) is 2.09. The first-order chi connectivity index (χ1) is 8.65. The van der Waals surface area contributed by atoms with Crippen LogP contribution in [0.2, 0.25) is 5.15 Å². The molecular weight excluding hydrogens is 250 g/mol. The lowest BCUT2D eigenvalue weighted by molar-refractivity contribution is 0.416. The number of aryl methyl sites for hydroxylation is 1. The lowest BCUT2D eigenvalue weighted by Crippen LogP contribution is -2.06. The fourth-order valence-electron chi connectivity index (χ4n) is 1.83. The zero-order valence-corrected chi connectivity index (χ0v) is 11.4. The number of rotatable bonds is 4. The molecule has 0 aliphatic carbocycles. The van der Waals surface area contributed by atoms with Crippen molar-refractivity contribution < 1.29 is 4.74 Å². The van der Waals surface area contributed by atoms with Gasteiger partial charge in [0.2, 0.25) is 0 Å². The topological polar surface area (TPSA) is 49.9 Å². The minimum Gasteiger partial charge on any atom is -0.496 e. The van der Waals surface area contributed by atoms with E-state index in [4.69, 9.17) is 16.3 Å². The molecule has 2 N–H and O–H groups in total. The summed E-state index contributed by atoms with van der Waals surface area (Å²) >= 11 is 6.20. The molecule has 2 aromatic rings. The van der Waals surface area contributed by atoms with Gasteiger partial charge in [-0.05, 0) is 26.1 Å². The highest BCUT2D eigenvalue weighted by molar-refractivity contribution is 6.32. The number of hydrogen-bond acceptors (Lipinski definition) is 3. The van der Waals surface area contributed by atoms with E-state index in [0.29, 0.717) is 11.7 Å². The first kappa shape index (κ1) is 12.9. The van der Waals surface area contributed by atoms with Gasteiger partial charge in [0.05, 0.1) is 13.7 Å². The third-order valence-corrected chi connectivity index (χ3v) is 2.94. The molecule has 2 rings (SSSR count). The molecule has 0 spiro atoms. The summed E-state index contributed by atoms with van der Waals surface area (Å²) in [5.41, 5.74) is 2.77. The number of imidazole rings is 1. The molecule has 1 aromatic heterocycles. The molecule has 0 fully saturated rings. The highest BCUT2D eigenvalue weighted by atomic mass is 35.5. The van der Waals surface area contributed by atoms with Crippen LogP contribution < -0.4 is 10.1 Å². The molecule has 4 nitrogen and oxygen atoms in total. The third-order valence-electron chi connectivity index (χ3n) is 2.66. The lowest BCUT2D eigenvalue weighted by Gasteiger charge is -2.07. The van der Waals surface area contributed by atoms with Crippen molar-refractivity contribution in [3.63, 3.8) is 0 Å². The quantitative estimate of drug-likeness (QED) is 0.894. The Kier molecular flexibility index (Phi) is 3.89. The van der Waals surface area contributed by atoms with Crippen molar-refractivity contribution in [2.24, 2.45) is 0 Å². The van der Waals surface area contributed by atoms with Gasteiger partial charge in [0.25, 0.3) is 0 Å². The summed E-state index contributed by atoms with van der Waals surface area (Å²) in [5, 5.41) is 3.56. The van der Waals surface area contributed by atoms with Crippen LogP contribution in [0.3, 0.4) is 0 Å². The van der Waals surface area contributed by atoms with Gasteiger partial charge >= 0.3 is 0 Å². The van der Waals surface area contributed by atoms with E-state index in [1.54, 1.807) is 7.11 Å². The largest absolute Gasteiger partial charge is 0.496 e. The third kappa shape index (κ3) is 2.49. The van der Waals surface area contributed by atoms with Gasteiger partial charge in [-0.15, -0.1) is 0 Å². The Morgan fingerprint density at radius 1 is 1.44 bits per heavy atom. The molecule has 0 bridgehead atoms. The standard InChI is InChI=1S/C13H16ClN3O/c1-8-4-5-10(18-3)9(6-8)12-13(14)17-11(16-12)7-15-2/h4-6,15H,7H2,1-3H3,(H,16,17). The summed E-state index contributed by atoms with van der Waals surface area (Å²) in [4.78, 5) is 7.54. The second-order valence-corrected chi connectivity index (χ2v) is 4.46. The van der Waals surface area contributed by atoms with Crippen LogP contribution in [0.4, 0.5) is 0 Å². The molecule has 0 aliphatic rings. The molecule has 0 amide bonds. The average molecular weight is 266 g/mol. The number of nitrogens with one attached hydrogen (secondary N) is 2. The minimum absolute atomic E-state index is 0.532. The molecular formula is C13H16ClN3O. The maximum Gasteiger partial charge on any atom is 0.134 e. The Hall–Kier alpha value is -1.52. The minimum atomic E-state index is 0.532. The van der Waals surface area contributed by atoms with Crippen LogP contribution in [0, 0.1) is 6.92 Å². The molecule has 0 radical (unpaired) electrons. The second-order valence-electron chi connectivity index (χ2n) is 4.08. The van der Waals surface area contributed by atoms with Crippen LogP contribution in [0.15, 0.2) is 18.2 Å². The predicted molar refractivity (Wildman–Crippen MR) is 73.1 cm³/mol. The average Bonchev–Trinajstić information content (AvgIpc) is 2.70. The normalized spacial score (nSPS) is 10.7. The molecule has 1 heterocycles. The van der Waals surface area contributed by atoms with Crippen molar-refractivity contribution in [2.45, 2.75) is 13.5 Å². The van der Waals surface area contributed by atoms with E-state index in [2.05, 4.69) is 15.3 Å². The molecule has 0 aliphatic heterocycles. The Balaban J connectivity index is 2.50. The summed E-state index contributed by atoms with van der Waals surface area (Å²) in [6, 6.07) is 5.94. The van der Waals surface area contributed by atoms with Crippen molar-refractivity contribution in [1.29, 1.82) is 0 Å². The number of hydrogen-bond donors (Lipinski definition) is 2. The highest BCUT2D eigenvalue weighted by Crippen LogP contribution is 2.33. The number of ether oxygens (including phenoxy) is 1. The van der Waals surface area contributed by atoms with Gasteiger partial charge < -0.3 is 15.0 Å². The number of H-pyrrole nitrogens is 1. The predicted octanol–water partition coefficient (Wildman–Crippen LogP) is 2.77. The van der Waals surface area contributed by atoms with E-state index in [0.717, 1.165) is 28.4 Å². The van der Waals surface area contributed by atoms with Gasteiger partial charge in [0, 0.05) is 5.56 Å². The summed E-state index contributed by atoms with van der Waals surface area (Å²) in [7, 11) is 3.51. The molecule has 1 aromatic carbocycles. The number of nitrogens with zero attached hydrogens (tertiary/aromatic N) is 1. The molecule has 0 saturated heterocycles. The first-order valence-electron chi connectivity index (χ1n) is 5.69. The van der Waals surface area contributed by atoms with E-state index >= 15 is 0 Å². The zero-order chi connectivity index (χ0) is 13.1. The number of aromatic amines is 1. The number of benzene rings is 1. The highest BCUT2D eigenvalue weighted by Gasteiger charge is 2.14. The van der Waals surface area contributed by atoms with Crippen LogP contribution in [0.1, 0.15) is 11.4 Å². The van der Waals surface area contributed by atoms with Gasteiger partial charge in [0.15, 0.2) is 0 Å². The fraction of sp³-hybridized carbons (Fsp3) is 0.308. The summed E-state index contributed by atoms with van der Waals surface area (Å²) in [5.74, 6) is 1.58. The summed E-state index contributed by atoms with van der Waals surface area (Å²) < 4.78 is 5.35. The Bertz CT molecular complexity index is 551. The molecule has 0 unspecified atom stereocenters. The van der Waals surface area contributed by atoms with Crippen molar-refractivity contribution in [1.82, 2.24) is 15.3 Å². The maximum atomic E-state index is 6.20. The number of halogens is 1. The van der Waals surface area contributed by atoms with Crippen molar-refractivity contribution in [3.8, 4) is 17.0 Å². The van der Waals surface area contributed by atoms with Gasteiger partial charge in [-0.2, -0.15) is 0 Å². The van der Waals surface area contributed by atoms with Gasteiger partial charge in [0.1, 0.15) is 22.4 Å². The number of methoxy groups -OCH3 is 1. The van der Waals surface area contributed by atoms with Crippen LogP contribution in [-0.2, 0) is 6.54 Å². The smallest absolute Gasteiger partial charge is 0.134 e. The number of aromatic nitrogens is 2. The molecule has 5 heteroatoms. The molecule has 18 heavy (non-hydrogen) atoms. The van der Waals surface area contributed by atoms with E-state index in [1.807, 2.05) is 32.2 Å². The maximum absolute atomic E-state index is 6.20.